The third-order valence-electron chi connectivity index (χ3n) is 6.64. The van der Waals surface area contributed by atoms with Crippen molar-refractivity contribution in [1.29, 1.82) is 0 Å². The number of allylic oxidation sites excluding steroid dienone is 1. The van der Waals surface area contributed by atoms with Crippen molar-refractivity contribution in [2.24, 2.45) is 0 Å². The summed E-state index contributed by atoms with van der Waals surface area (Å²) >= 11 is 0. The van der Waals surface area contributed by atoms with Crippen molar-refractivity contribution in [3.8, 4) is 5.75 Å². The van der Waals surface area contributed by atoms with Crippen LogP contribution in [0.3, 0.4) is 0 Å². The van der Waals surface area contributed by atoms with Gasteiger partial charge in [0.2, 0.25) is 0 Å². The van der Waals surface area contributed by atoms with Crippen LogP contribution in [0.2, 0.25) is 0 Å². The van der Waals surface area contributed by atoms with Crippen molar-refractivity contribution in [3.05, 3.63) is 133 Å². The molecule has 5 aromatic rings. The lowest BCUT2D eigenvalue weighted by atomic mass is 10.2. The molecule has 0 unspecified atom stereocenters. The fourth-order valence-corrected chi connectivity index (χ4v) is 9.25. The van der Waals surface area contributed by atoms with Crippen LogP contribution in [0.5, 0.6) is 5.75 Å². The first-order chi connectivity index (χ1) is 18.3. The van der Waals surface area contributed by atoms with E-state index in [-0.39, 0.29) is 0 Å². The topological polar surface area (TPSA) is 35.0 Å². The van der Waals surface area contributed by atoms with Crippen LogP contribution in [0.25, 0.3) is 11.0 Å². The Labute approximate surface area is 220 Å². The number of nitrogens with zero attached hydrogens (tertiary/aromatic N) is 2. The first-order valence-electron chi connectivity index (χ1n) is 12.9. The van der Waals surface area contributed by atoms with Crippen LogP contribution < -0.4 is 20.7 Å². The van der Waals surface area contributed by atoms with E-state index in [2.05, 4.69) is 107 Å². The molecule has 0 bridgehead atoms. The maximum atomic E-state index is 5.86. The maximum absolute atomic E-state index is 5.86. The van der Waals surface area contributed by atoms with Gasteiger partial charge < -0.3 is 4.74 Å². The summed E-state index contributed by atoms with van der Waals surface area (Å²) in [5.41, 5.74) is 2.65. The standard InChI is InChI=1S/C33H32N2OP/c1-27-26-34-33-25-28(21-22-32(33)35-27)36-23-13-2-3-14-24-37(29-15-7-4-8-16-29,30-17-9-5-10-18-30)31-19-11-6-12-20-31/h4-13,15-23,25-26H,2-3,14,24H2,1H3/q+1/b23-13+. The lowest BCUT2D eigenvalue weighted by Crippen LogP contribution is -2.33. The first-order valence-corrected chi connectivity index (χ1v) is 14.8. The number of hydrogen-bond acceptors (Lipinski definition) is 3. The van der Waals surface area contributed by atoms with E-state index in [4.69, 9.17) is 4.74 Å². The molecule has 0 N–H and O–H groups in total. The molecular formula is C33H32N2OP+. The molecule has 37 heavy (non-hydrogen) atoms. The molecule has 4 aromatic carbocycles. The zero-order valence-corrected chi connectivity index (χ0v) is 22.1. The second kappa shape index (κ2) is 12.0. The fraction of sp³-hybridized carbons (Fsp3) is 0.152. The second-order valence-corrected chi connectivity index (χ2v) is 12.8. The van der Waals surface area contributed by atoms with Crippen molar-refractivity contribution in [1.82, 2.24) is 9.97 Å². The summed E-state index contributed by atoms with van der Waals surface area (Å²) in [6.45, 7) is 1.95. The zero-order chi connectivity index (χ0) is 25.3. The SMILES string of the molecule is Cc1cnc2cc(O/C=C/CCCC[P+](c3ccccc3)(c3ccccc3)c3ccccc3)ccc2n1. The number of unbranched alkanes of at least 4 members (excludes halogenated alkanes) is 2. The van der Waals surface area contributed by atoms with Crippen LogP contribution in [-0.4, -0.2) is 16.1 Å². The van der Waals surface area contributed by atoms with Crippen LogP contribution in [-0.2, 0) is 0 Å². The van der Waals surface area contributed by atoms with E-state index in [9.17, 15) is 0 Å². The number of fused-ring (bicyclic) bond motifs is 1. The van der Waals surface area contributed by atoms with Crippen molar-refractivity contribution in [2.45, 2.75) is 26.2 Å². The molecule has 0 aliphatic carbocycles. The van der Waals surface area contributed by atoms with Gasteiger partial charge >= 0.3 is 0 Å². The molecule has 184 valence electrons. The van der Waals surface area contributed by atoms with E-state index in [1.54, 1.807) is 12.5 Å². The number of rotatable bonds is 10. The predicted molar refractivity (Wildman–Crippen MR) is 158 cm³/mol. The van der Waals surface area contributed by atoms with Crippen molar-refractivity contribution >= 4 is 34.2 Å². The summed E-state index contributed by atoms with van der Waals surface area (Å²) in [7, 11) is -1.75. The van der Waals surface area contributed by atoms with Crippen LogP contribution in [0.15, 0.2) is 128 Å². The molecule has 0 amide bonds. The minimum absolute atomic E-state index is 0.782. The highest BCUT2D eigenvalue weighted by molar-refractivity contribution is 7.95. The molecule has 5 rings (SSSR count). The summed E-state index contributed by atoms with van der Waals surface area (Å²) in [5, 5.41) is 4.34. The highest BCUT2D eigenvalue weighted by atomic mass is 31.2. The summed E-state index contributed by atoms with van der Waals surface area (Å²) < 4.78 is 5.86. The van der Waals surface area contributed by atoms with Gasteiger partial charge in [-0.05, 0) is 80.8 Å². The Kier molecular flexibility index (Phi) is 8.03. The van der Waals surface area contributed by atoms with E-state index >= 15 is 0 Å². The third kappa shape index (κ3) is 5.79. The smallest absolute Gasteiger partial charge is 0.128 e. The fourth-order valence-electron chi connectivity index (χ4n) is 4.84. The predicted octanol–water partition coefficient (Wildman–Crippen LogP) is 7.00. The molecule has 3 nitrogen and oxygen atoms in total. The lowest BCUT2D eigenvalue weighted by Gasteiger charge is -2.27. The monoisotopic (exact) mass is 503 g/mol. The molecule has 0 atom stereocenters. The highest BCUT2D eigenvalue weighted by Crippen LogP contribution is 2.55. The van der Waals surface area contributed by atoms with E-state index in [1.807, 2.05) is 25.1 Å². The molecular weight excluding hydrogens is 471 g/mol. The van der Waals surface area contributed by atoms with Gasteiger partial charge in [0.1, 0.15) is 28.9 Å². The molecule has 0 spiro atoms. The Balaban J connectivity index is 1.27. The van der Waals surface area contributed by atoms with Gasteiger partial charge in [0.25, 0.3) is 0 Å². The van der Waals surface area contributed by atoms with Gasteiger partial charge in [0.05, 0.1) is 29.2 Å². The second-order valence-electron chi connectivity index (χ2n) is 9.19. The minimum Gasteiger partial charge on any atom is -0.465 e. The molecule has 0 saturated heterocycles. The quantitative estimate of drug-likeness (QED) is 0.117. The van der Waals surface area contributed by atoms with Gasteiger partial charge in [-0.25, -0.2) is 4.98 Å². The van der Waals surface area contributed by atoms with Crippen molar-refractivity contribution in [2.75, 3.05) is 6.16 Å². The lowest BCUT2D eigenvalue weighted by molar-refractivity contribution is 0.478. The first kappa shape index (κ1) is 24.9. The van der Waals surface area contributed by atoms with Crippen molar-refractivity contribution < 1.29 is 4.74 Å². The molecule has 4 heteroatoms. The molecule has 0 saturated carbocycles. The molecule has 0 aliphatic rings. The van der Waals surface area contributed by atoms with Crippen LogP contribution in [0, 0.1) is 6.92 Å². The highest BCUT2D eigenvalue weighted by Gasteiger charge is 2.44. The molecule has 1 aromatic heterocycles. The van der Waals surface area contributed by atoms with Crippen LogP contribution in [0.4, 0.5) is 0 Å². The molecule has 0 aliphatic heterocycles. The Morgan fingerprint density at radius 1 is 0.703 bits per heavy atom. The van der Waals surface area contributed by atoms with E-state index in [0.717, 1.165) is 47.9 Å². The van der Waals surface area contributed by atoms with Gasteiger partial charge in [-0.2, -0.15) is 0 Å². The van der Waals surface area contributed by atoms with Gasteiger partial charge in [-0.3, -0.25) is 4.98 Å². The van der Waals surface area contributed by atoms with Crippen LogP contribution in [0.1, 0.15) is 25.0 Å². The Morgan fingerprint density at radius 3 is 1.89 bits per heavy atom. The van der Waals surface area contributed by atoms with Gasteiger partial charge in [-0.1, -0.05) is 54.6 Å². The largest absolute Gasteiger partial charge is 0.465 e. The number of ether oxygens (including phenoxy) is 1. The number of benzene rings is 4. The minimum atomic E-state index is -1.75. The van der Waals surface area contributed by atoms with Crippen molar-refractivity contribution in [3.63, 3.8) is 0 Å². The maximum Gasteiger partial charge on any atom is 0.128 e. The zero-order valence-electron chi connectivity index (χ0n) is 21.2. The molecule has 0 fully saturated rings. The number of aryl methyl sites for hydroxylation is 1. The summed E-state index contributed by atoms with van der Waals surface area (Å²) in [6.07, 6.45) is 10.1. The van der Waals surface area contributed by atoms with Gasteiger partial charge in [0.15, 0.2) is 0 Å². The Bertz CT molecular complexity index is 1360. The Morgan fingerprint density at radius 2 is 1.30 bits per heavy atom. The van der Waals surface area contributed by atoms with Crippen LogP contribution >= 0.6 is 7.26 Å². The summed E-state index contributed by atoms with van der Waals surface area (Å²) in [4.78, 5) is 8.94. The van der Waals surface area contributed by atoms with E-state index in [1.165, 1.54) is 15.9 Å². The summed E-state index contributed by atoms with van der Waals surface area (Å²) in [6, 6.07) is 39.1. The average molecular weight is 504 g/mol. The normalized spacial score (nSPS) is 11.7. The number of aromatic nitrogens is 2. The third-order valence-corrected chi connectivity index (χ3v) is 11.2. The van der Waals surface area contributed by atoms with E-state index in [0.29, 0.717) is 0 Å². The number of hydrogen-bond donors (Lipinski definition) is 0. The summed E-state index contributed by atoms with van der Waals surface area (Å²) in [5.74, 6) is 0.782. The molecule has 1 heterocycles. The van der Waals surface area contributed by atoms with E-state index < -0.39 is 7.26 Å². The molecule has 0 radical (unpaired) electrons. The van der Waals surface area contributed by atoms with Gasteiger partial charge in [-0.15, -0.1) is 0 Å². The van der Waals surface area contributed by atoms with Gasteiger partial charge in [0, 0.05) is 12.3 Å². The Hall–Kier alpha value is -3.81. The average Bonchev–Trinajstić information content (AvgIpc) is 2.96.